The van der Waals surface area contributed by atoms with Gasteiger partial charge in [0, 0.05) is 0 Å². The molecule has 0 radical (unpaired) electrons. The van der Waals surface area contributed by atoms with E-state index in [2.05, 4.69) is 9.97 Å². The van der Waals surface area contributed by atoms with Crippen molar-refractivity contribution < 1.29 is 9.13 Å². The number of nitriles is 1. The summed E-state index contributed by atoms with van der Waals surface area (Å²) in [6.45, 7) is 1.60. The van der Waals surface area contributed by atoms with Gasteiger partial charge in [0.1, 0.15) is 23.3 Å². The number of hydrogen-bond donors (Lipinski definition) is 2. The number of nitrogens with two attached hydrogens (primary N) is 1. The maximum atomic E-state index is 13.5. The third-order valence-corrected chi connectivity index (χ3v) is 3.39. The fourth-order valence-electron chi connectivity index (χ4n) is 2.49. The predicted molar refractivity (Wildman–Crippen MR) is 75.3 cm³/mol. The average molecular weight is 298 g/mol. The van der Waals surface area contributed by atoms with Crippen molar-refractivity contribution in [3.8, 4) is 11.9 Å². The number of rotatable bonds is 1. The number of aryl methyl sites for hydroxylation is 1. The Kier molecular flexibility index (Phi) is 3.14. The van der Waals surface area contributed by atoms with Crippen LogP contribution < -0.4 is 16.0 Å². The molecule has 6 nitrogen and oxygen atoms in total. The van der Waals surface area contributed by atoms with Crippen molar-refractivity contribution in [1.29, 1.82) is 5.26 Å². The summed E-state index contributed by atoms with van der Waals surface area (Å²) in [6, 6.07) is 7.58. The molecule has 0 saturated carbocycles. The molecule has 1 aromatic carbocycles. The lowest BCUT2D eigenvalue weighted by Crippen LogP contribution is -2.29. The number of benzene rings is 1. The topological polar surface area (TPSA) is 105 Å². The molecular weight excluding hydrogens is 287 g/mol. The fraction of sp³-hybridized carbons (Fsp3) is 0.133. The van der Waals surface area contributed by atoms with E-state index in [1.54, 1.807) is 13.0 Å². The molecule has 0 amide bonds. The Balaban J connectivity index is 2.32. The van der Waals surface area contributed by atoms with Crippen LogP contribution in [0.4, 0.5) is 4.39 Å². The summed E-state index contributed by atoms with van der Waals surface area (Å²) in [4.78, 5) is 18.9. The lowest BCUT2D eigenvalue weighted by molar-refractivity contribution is 0.373. The summed E-state index contributed by atoms with van der Waals surface area (Å²) in [6.07, 6.45) is 0. The van der Waals surface area contributed by atoms with Gasteiger partial charge in [-0.05, 0) is 24.6 Å². The molecule has 1 aromatic heterocycles. The third-order valence-electron chi connectivity index (χ3n) is 3.39. The molecule has 1 aliphatic heterocycles. The number of halogens is 1. The van der Waals surface area contributed by atoms with Crippen molar-refractivity contribution in [2.75, 3.05) is 0 Å². The Labute approximate surface area is 124 Å². The lowest BCUT2D eigenvalue weighted by Gasteiger charge is -2.24. The average Bonchev–Trinajstić information content (AvgIpc) is 2.45. The minimum absolute atomic E-state index is 0.0343. The number of nitrogens with zero attached hydrogens (tertiary/aromatic N) is 2. The van der Waals surface area contributed by atoms with Gasteiger partial charge in [0.25, 0.3) is 5.56 Å². The summed E-state index contributed by atoms with van der Waals surface area (Å²) in [5.41, 5.74) is 5.93. The molecule has 110 valence electrons. The number of H-pyrrole nitrogens is 1. The van der Waals surface area contributed by atoms with E-state index in [4.69, 9.17) is 10.5 Å². The third kappa shape index (κ3) is 2.11. The van der Waals surface area contributed by atoms with Gasteiger partial charge in [0.15, 0.2) is 0 Å². The molecule has 2 aromatic rings. The van der Waals surface area contributed by atoms with Crippen LogP contribution in [0, 0.1) is 24.1 Å². The Morgan fingerprint density at radius 2 is 2.27 bits per heavy atom. The highest BCUT2D eigenvalue weighted by molar-refractivity contribution is 5.52. The molecule has 3 rings (SSSR count). The molecule has 1 atom stereocenters. The minimum atomic E-state index is -0.818. The van der Waals surface area contributed by atoms with Crippen LogP contribution in [0.3, 0.4) is 0 Å². The quantitative estimate of drug-likeness (QED) is 0.828. The van der Waals surface area contributed by atoms with Crippen molar-refractivity contribution in [3.05, 3.63) is 68.8 Å². The van der Waals surface area contributed by atoms with Crippen LogP contribution in [-0.2, 0) is 0 Å². The number of ether oxygens (including phenoxy) is 1. The molecule has 1 aliphatic rings. The molecule has 0 aliphatic carbocycles. The van der Waals surface area contributed by atoms with Gasteiger partial charge in [-0.3, -0.25) is 4.79 Å². The van der Waals surface area contributed by atoms with Crippen molar-refractivity contribution in [3.63, 3.8) is 0 Å². The molecule has 0 fully saturated rings. The summed E-state index contributed by atoms with van der Waals surface area (Å²) in [5, 5.41) is 9.34. The summed E-state index contributed by atoms with van der Waals surface area (Å²) in [7, 11) is 0. The van der Waals surface area contributed by atoms with E-state index < -0.39 is 17.3 Å². The lowest BCUT2D eigenvalue weighted by atomic mass is 9.85. The number of hydrogen-bond acceptors (Lipinski definition) is 5. The first-order valence-corrected chi connectivity index (χ1v) is 6.45. The molecule has 0 saturated heterocycles. The monoisotopic (exact) mass is 298 g/mol. The van der Waals surface area contributed by atoms with Gasteiger partial charge in [-0.15, -0.1) is 0 Å². The van der Waals surface area contributed by atoms with E-state index in [1.165, 1.54) is 18.2 Å². The first kappa shape index (κ1) is 13.8. The van der Waals surface area contributed by atoms with Crippen LogP contribution in [0.2, 0.25) is 0 Å². The highest BCUT2D eigenvalue weighted by Crippen LogP contribution is 2.38. The van der Waals surface area contributed by atoms with Gasteiger partial charge in [0.05, 0.1) is 11.5 Å². The highest BCUT2D eigenvalue weighted by atomic mass is 19.1. The summed E-state index contributed by atoms with van der Waals surface area (Å²) >= 11 is 0. The van der Waals surface area contributed by atoms with Gasteiger partial charge in [-0.2, -0.15) is 10.2 Å². The number of fused-ring (bicyclic) bond motifs is 1. The first-order valence-electron chi connectivity index (χ1n) is 6.45. The standard InChI is InChI=1S/C15H11FN4O2/c1-7-19-14(21)12-11(8-3-2-4-9(16)5-8)10(6-17)13(18)22-15(12)20-7/h2-5,11H,18H2,1H3,(H,19,20,21)/t11-/m0/s1. The number of nitrogens with one attached hydrogen (secondary N) is 1. The van der Waals surface area contributed by atoms with Gasteiger partial charge in [-0.25, -0.2) is 4.39 Å². The van der Waals surface area contributed by atoms with E-state index >= 15 is 0 Å². The maximum absolute atomic E-state index is 13.5. The predicted octanol–water partition coefficient (Wildman–Crippen LogP) is 1.44. The second kappa shape index (κ2) is 5.00. The summed E-state index contributed by atoms with van der Waals surface area (Å²) < 4.78 is 18.8. The molecule has 0 bridgehead atoms. The van der Waals surface area contributed by atoms with E-state index in [1.807, 2.05) is 6.07 Å². The smallest absolute Gasteiger partial charge is 0.258 e. The SMILES string of the molecule is Cc1nc2c(c(=O)[nH]1)[C@@H](c1cccc(F)c1)C(C#N)=C(N)O2. The van der Waals surface area contributed by atoms with E-state index in [0.717, 1.165) is 0 Å². The molecule has 22 heavy (non-hydrogen) atoms. The molecule has 0 spiro atoms. The number of allylic oxidation sites excluding steroid dienone is 1. The Bertz CT molecular complexity index is 895. The Morgan fingerprint density at radius 1 is 1.50 bits per heavy atom. The van der Waals surface area contributed by atoms with Crippen molar-refractivity contribution in [2.24, 2.45) is 5.73 Å². The Morgan fingerprint density at radius 3 is 2.95 bits per heavy atom. The molecule has 3 N–H and O–H groups in total. The molecular formula is C15H11FN4O2. The van der Waals surface area contributed by atoms with Gasteiger partial charge in [0.2, 0.25) is 11.8 Å². The zero-order valence-corrected chi connectivity index (χ0v) is 11.6. The largest absolute Gasteiger partial charge is 0.422 e. The zero-order chi connectivity index (χ0) is 15.9. The van der Waals surface area contributed by atoms with Gasteiger partial charge < -0.3 is 15.5 Å². The second-order valence-corrected chi connectivity index (χ2v) is 4.85. The molecule has 2 heterocycles. The van der Waals surface area contributed by atoms with Crippen molar-refractivity contribution in [2.45, 2.75) is 12.8 Å². The highest BCUT2D eigenvalue weighted by Gasteiger charge is 2.34. The van der Waals surface area contributed by atoms with E-state index in [9.17, 15) is 14.4 Å². The van der Waals surface area contributed by atoms with Gasteiger partial charge in [-0.1, -0.05) is 12.1 Å². The second-order valence-electron chi connectivity index (χ2n) is 4.85. The number of aromatic nitrogens is 2. The maximum Gasteiger partial charge on any atom is 0.258 e. The van der Waals surface area contributed by atoms with Crippen molar-refractivity contribution in [1.82, 2.24) is 9.97 Å². The normalized spacial score (nSPS) is 16.7. The van der Waals surface area contributed by atoms with Crippen LogP contribution in [0.25, 0.3) is 0 Å². The van der Waals surface area contributed by atoms with Crippen LogP contribution in [0.1, 0.15) is 22.9 Å². The van der Waals surface area contributed by atoms with E-state index in [0.29, 0.717) is 11.4 Å². The zero-order valence-electron chi connectivity index (χ0n) is 11.6. The number of aromatic amines is 1. The first-order chi connectivity index (χ1) is 10.5. The Hall–Kier alpha value is -3.14. The van der Waals surface area contributed by atoms with Gasteiger partial charge >= 0.3 is 0 Å². The van der Waals surface area contributed by atoms with Crippen molar-refractivity contribution >= 4 is 0 Å². The van der Waals surface area contributed by atoms with Crippen LogP contribution in [0.15, 0.2) is 40.5 Å². The summed E-state index contributed by atoms with van der Waals surface area (Å²) in [5.74, 6) is -1.04. The minimum Gasteiger partial charge on any atom is -0.422 e. The van der Waals surface area contributed by atoms with Crippen LogP contribution in [0.5, 0.6) is 5.88 Å². The fourth-order valence-corrected chi connectivity index (χ4v) is 2.49. The van der Waals surface area contributed by atoms with Crippen LogP contribution >= 0.6 is 0 Å². The van der Waals surface area contributed by atoms with E-state index in [-0.39, 0.29) is 22.9 Å². The molecule has 7 heteroatoms. The molecule has 0 unspecified atom stereocenters. The van der Waals surface area contributed by atoms with Crippen LogP contribution in [-0.4, -0.2) is 9.97 Å².